The van der Waals surface area contributed by atoms with Gasteiger partial charge in [-0.3, -0.25) is 0 Å². The second-order valence-electron chi connectivity index (χ2n) is 4.89. The maximum Gasteiger partial charge on any atom is 0.127 e. The number of nitrogens with one attached hydrogen (secondary N) is 1. The van der Waals surface area contributed by atoms with Gasteiger partial charge in [-0.05, 0) is 48.9 Å². The van der Waals surface area contributed by atoms with E-state index in [1.54, 1.807) is 20.1 Å². The molecule has 0 aliphatic rings. The second-order valence-corrected chi connectivity index (χ2v) is 5.30. The van der Waals surface area contributed by atoms with Gasteiger partial charge in [0.1, 0.15) is 11.6 Å². The molecule has 0 bridgehead atoms. The van der Waals surface area contributed by atoms with E-state index < -0.39 is 0 Å². The monoisotopic (exact) mass is 307 g/mol. The first-order valence-corrected chi connectivity index (χ1v) is 7.28. The molecule has 0 aromatic heterocycles. The zero-order valence-corrected chi connectivity index (χ0v) is 13.2. The maximum atomic E-state index is 13.5. The molecular formula is C17H19ClFNO. The highest BCUT2D eigenvalue weighted by Crippen LogP contribution is 2.33. The van der Waals surface area contributed by atoms with Crippen LogP contribution >= 0.6 is 11.6 Å². The Labute approximate surface area is 129 Å². The van der Waals surface area contributed by atoms with Crippen molar-refractivity contribution >= 4 is 11.6 Å². The predicted molar refractivity (Wildman–Crippen MR) is 85.5 cm³/mol. The maximum absolute atomic E-state index is 13.5. The fourth-order valence-corrected chi connectivity index (χ4v) is 2.48. The zero-order valence-electron chi connectivity index (χ0n) is 12.5. The van der Waals surface area contributed by atoms with Gasteiger partial charge in [0.25, 0.3) is 0 Å². The van der Waals surface area contributed by atoms with Gasteiger partial charge in [0.15, 0.2) is 0 Å². The molecule has 0 unspecified atom stereocenters. The predicted octanol–water partition coefficient (Wildman–Crippen LogP) is 4.57. The molecule has 4 heteroatoms. The molecule has 112 valence electrons. The first kappa shape index (κ1) is 15.8. The molecule has 1 N–H and O–H groups in total. The molecule has 2 rings (SSSR count). The molecular weight excluding hydrogens is 289 g/mol. The Balaban J connectivity index is 2.47. The van der Waals surface area contributed by atoms with Crippen molar-refractivity contribution in [1.29, 1.82) is 0 Å². The molecule has 21 heavy (non-hydrogen) atoms. The van der Waals surface area contributed by atoms with E-state index in [0.717, 1.165) is 29.0 Å². The van der Waals surface area contributed by atoms with Gasteiger partial charge in [-0.15, -0.1) is 0 Å². The van der Waals surface area contributed by atoms with Gasteiger partial charge in [-0.25, -0.2) is 4.39 Å². The summed E-state index contributed by atoms with van der Waals surface area (Å²) in [6, 6.07) is 9.01. The molecule has 0 aliphatic carbocycles. The smallest absolute Gasteiger partial charge is 0.127 e. The minimum atomic E-state index is -0.287. The van der Waals surface area contributed by atoms with Gasteiger partial charge >= 0.3 is 0 Å². The van der Waals surface area contributed by atoms with Crippen LogP contribution in [0, 0.1) is 12.7 Å². The molecule has 0 heterocycles. The third-order valence-electron chi connectivity index (χ3n) is 3.41. The SMILES string of the molecule is CCNCc1cc(-c2cc(C)c(F)cc2Cl)ccc1OC. The van der Waals surface area contributed by atoms with E-state index in [2.05, 4.69) is 12.2 Å². The summed E-state index contributed by atoms with van der Waals surface area (Å²) in [6.07, 6.45) is 0. The van der Waals surface area contributed by atoms with E-state index in [1.165, 1.54) is 6.07 Å². The topological polar surface area (TPSA) is 21.3 Å². The van der Waals surface area contributed by atoms with E-state index >= 15 is 0 Å². The fourth-order valence-electron chi connectivity index (χ4n) is 2.22. The highest BCUT2D eigenvalue weighted by molar-refractivity contribution is 6.33. The van der Waals surface area contributed by atoms with Gasteiger partial charge < -0.3 is 10.1 Å². The van der Waals surface area contributed by atoms with Crippen LogP contribution in [0.1, 0.15) is 18.1 Å². The van der Waals surface area contributed by atoms with E-state index in [1.807, 2.05) is 18.2 Å². The van der Waals surface area contributed by atoms with Gasteiger partial charge in [-0.1, -0.05) is 24.6 Å². The van der Waals surface area contributed by atoms with Crippen molar-refractivity contribution in [3.05, 3.63) is 52.3 Å². The van der Waals surface area contributed by atoms with Crippen molar-refractivity contribution in [3.63, 3.8) is 0 Å². The van der Waals surface area contributed by atoms with Crippen LogP contribution in [0.3, 0.4) is 0 Å². The Morgan fingerprint density at radius 1 is 1.24 bits per heavy atom. The van der Waals surface area contributed by atoms with Crippen LogP contribution in [0.15, 0.2) is 30.3 Å². The molecule has 0 atom stereocenters. The number of halogens is 2. The lowest BCUT2D eigenvalue weighted by Gasteiger charge is -2.13. The third-order valence-corrected chi connectivity index (χ3v) is 3.72. The summed E-state index contributed by atoms with van der Waals surface area (Å²) >= 11 is 6.18. The molecule has 0 amide bonds. The summed E-state index contributed by atoms with van der Waals surface area (Å²) in [5.74, 6) is 0.541. The van der Waals surface area contributed by atoms with Crippen molar-refractivity contribution in [2.45, 2.75) is 20.4 Å². The van der Waals surface area contributed by atoms with E-state index in [0.29, 0.717) is 17.1 Å². The number of hydrogen-bond donors (Lipinski definition) is 1. The second kappa shape index (κ2) is 6.92. The molecule has 2 aromatic carbocycles. The largest absolute Gasteiger partial charge is 0.496 e. The summed E-state index contributed by atoms with van der Waals surface area (Å²) in [7, 11) is 1.65. The lowest BCUT2D eigenvalue weighted by atomic mass is 10.0. The van der Waals surface area contributed by atoms with Gasteiger partial charge in [-0.2, -0.15) is 0 Å². The minimum Gasteiger partial charge on any atom is -0.496 e. The molecule has 0 fully saturated rings. The average molecular weight is 308 g/mol. The van der Waals surface area contributed by atoms with Crippen LogP contribution in [-0.2, 0) is 6.54 Å². The standard InChI is InChI=1S/C17H19ClFNO/c1-4-20-10-13-8-12(5-6-17(13)21-3)14-7-11(2)16(19)9-15(14)18/h5-9,20H,4,10H2,1-3H3. The van der Waals surface area contributed by atoms with E-state index in [-0.39, 0.29) is 5.82 Å². The van der Waals surface area contributed by atoms with Crippen molar-refractivity contribution in [2.24, 2.45) is 0 Å². The number of hydrogen-bond acceptors (Lipinski definition) is 2. The van der Waals surface area contributed by atoms with Crippen molar-refractivity contribution in [1.82, 2.24) is 5.32 Å². The Kier molecular flexibility index (Phi) is 5.21. The average Bonchev–Trinajstić information content (AvgIpc) is 2.48. The van der Waals surface area contributed by atoms with Crippen molar-refractivity contribution in [3.8, 4) is 16.9 Å². The summed E-state index contributed by atoms with van der Waals surface area (Å²) in [5.41, 5.74) is 3.42. The number of aryl methyl sites for hydroxylation is 1. The molecule has 2 aromatic rings. The van der Waals surface area contributed by atoms with E-state index in [9.17, 15) is 4.39 Å². The first-order valence-electron chi connectivity index (χ1n) is 6.90. The van der Waals surface area contributed by atoms with Crippen LogP contribution in [-0.4, -0.2) is 13.7 Å². The summed E-state index contributed by atoms with van der Waals surface area (Å²) in [6.45, 7) is 5.38. The van der Waals surface area contributed by atoms with Crippen LogP contribution in [0.5, 0.6) is 5.75 Å². The molecule has 0 saturated heterocycles. The normalized spacial score (nSPS) is 10.7. The van der Waals surface area contributed by atoms with E-state index in [4.69, 9.17) is 16.3 Å². The first-order chi connectivity index (χ1) is 10.1. The van der Waals surface area contributed by atoms with Crippen LogP contribution < -0.4 is 10.1 Å². The summed E-state index contributed by atoms with van der Waals surface area (Å²) in [5, 5.41) is 3.69. The molecule has 0 saturated carbocycles. The van der Waals surface area contributed by atoms with Crippen LogP contribution in [0.25, 0.3) is 11.1 Å². The Bertz CT molecular complexity index is 643. The third kappa shape index (κ3) is 3.55. The Morgan fingerprint density at radius 2 is 2.00 bits per heavy atom. The number of methoxy groups -OCH3 is 1. The van der Waals surface area contributed by atoms with Crippen molar-refractivity contribution < 1.29 is 9.13 Å². The Morgan fingerprint density at radius 3 is 2.67 bits per heavy atom. The lowest BCUT2D eigenvalue weighted by Crippen LogP contribution is -2.12. The lowest BCUT2D eigenvalue weighted by molar-refractivity contribution is 0.408. The molecule has 0 aliphatic heterocycles. The quantitative estimate of drug-likeness (QED) is 0.873. The Hall–Kier alpha value is -1.58. The molecule has 0 spiro atoms. The van der Waals surface area contributed by atoms with Crippen molar-refractivity contribution in [2.75, 3.05) is 13.7 Å². The highest BCUT2D eigenvalue weighted by Gasteiger charge is 2.11. The number of ether oxygens (including phenoxy) is 1. The zero-order chi connectivity index (χ0) is 15.4. The molecule has 2 nitrogen and oxygen atoms in total. The fraction of sp³-hybridized carbons (Fsp3) is 0.294. The minimum absolute atomic E-state index is 0.287. The van der Waals surface area contributed by atoms with Gasteiger partial charge in [0, 0.05) is 17.7 Å². The highest BCUT2D eigenvalue weighted by atomic mass is 35.5. The molecule has 0 radical (unpaired) electrons. The van der Waals surface area contributed by atoms with Gasteiger partial charge in [0.05, 0.1) is 12.1 Å². The van der Waals surface area contributed by atoms with Gasteiger partial charge in [0.2, 0.25) is 0 Å². The number of benzene rings is 2. The summed E-state index contributed by atoms with van der Waals surface area (Å²) in [4.78, 5) is 0. The summed E-state index contributed by atoms with van der Waals surface area (Å²) < 4.78 is 18.9. The van der Waals surface area contributed by atoms with Crippen LogP contribution in [0.4, 0.5) is 4.39 Å². The van der Waals surface area contributed by atoms with Crippen LogP contribution in [0.2, 0.25) is 5.02 Å². The number of rotatable bonds is 5.